The quantitative estimate of drug-likeness (QED) is 0.285. The van der Waals surface area contributed by atoms with Gasteiger partial charge < -0.3 is 4.74 Å². The van der Waals surface area contributed by atoms with Crippen molar-refractivity contribution >= 4 is 0 Å². The van der Waals surface area contributed by atoms with Gasteiger partial charge in [-0.15, -0.1) is 0 Å². The Kier molecular flexibility index (Phi) is 5.66. The normalized spacial score (nSPS) is 18.2. The number of hydrogen-bond donors (Lipinski definition) is 0. The summed E-state index contributed by atoms with van der Waals surface area (Å²) in [6.07, 6.45) is 6.06. The zero-order valence-electron chi connectivity index (χ0n) is 20.2. The summed E-state index contributed by atoms with van der Waals surface area (Å²) in [4.78, 5) is 0. The summed E-state index contributed by atoms with van der Waals surface area (Å²) in [7, 11) is 1.49. The first kappa shape index (κ1) is 22.7. The number of hydrogen-bond acceptors (Lipinski definition) is 1. The van der Waals surface area contributed by atoms with E-state index in [9.17, 15) is 13.2 Å². The summed E-state index contributed by atoms with van der Waals surface area (Å²) in [5.41, 5.74) is 9.24. The van der Waals surface area contributed by atoms with Gasteiger partial charge in [-0.3, -0.25) is 0 Å². The lowest BCUT2D eigenvalue weighted by atomic mass is 9.77. The molecule has 4 heteroatoms. The molecule has 35 heavy (non-hydrogen) atoms. The van der Waals surface area contributed by atoms with Crippen LogP contribution in [0.3, 0.4) is 0 Å². The monoisotopic (exact) mass is 476 g/mol. The summed E-state index contributed by atoms with van der Waals surface area (Å²) in [6, 6.07) is 15.1. The second-order valence-electron chi connectivity index (χ2n) is 10.5. The Morgan fingerprint density at radius 3 is 2.14 bits per heavy atom. The molecular formula is C31H31F3O. The maximum atomic E-state index is 13.6. The number of halogens is 3. The zero-order chi connectivity index (χ0) is 24.2. The van der Waals surface area contributed by atoms with Crippen LogP contribution < -0.4 is 4.74 Å². The van der Waals surface area contributed by atoms with Gasteiger partial charge in [-0.2, -0.15) is 13.2 Å². The molecule has 0 aliphatic heterocycles. The van der Waals surface area contributed by atoms with Crippen LogP contribution >= 0.6 is 0 Å². The molecular weight excluding hydrogens is 445 g/mol. The minimum Gasteiger partial charge on any atom is -0.496 e. The molecule has 3 aliphatic rings. The molecule has 0 saturated heterocycles. The third-order valence-corrected chi connectivity index (χ3v) is 8.54. The molecule has 0 aromatic heterocycles. The van der Waals surface area contributed by atoms with Crippen molar-refractivity contribution in [3.63, 3.8) is 0 Å². The Balaban J connectivity index is 1.66. The van der Waals surface area contributed by atoms with E-state index in [0.29, 0.717) is 17.6 Å². The van der Waals surface area contributed by atoms with Crippen LogP contribution in [0.15, 0.2) is 48.5 Å². The smallest absolute Gasteiger partial charge is 0.416 e. The molecule has 0 N–H and O–H groups in total. The fraction of sp³-hybridized carbons (Fsp3) is 0.419. The van der Waals surface area contributed by atoms with Gasteiger partial charge in [-0.05, 0) is 95.0 Å². The Labute approximate surface area is 205 Å². The minimum absolute atomic E-state index is 0.320. The van der Waals surface area contributed by atoms with Crippen molar-refractivity contribution < 1.29 is 17.9 Å². The molecule has 0 amide bonds. The molecule has 0 atom stereocenters. The van der Waals surface area contributed by atoms with Gasteiger partial charge >= 0.3 is 6.18 Å². The maximum absolute atomic E-state index is 13.6. The minimum atomic E-state index is -4.40. The van der Waals surface area contributed by atoms with Crippen LogP contribution in [-0.2, 0) is 12.6 Å². The van der Waals surface area contributed by atoms with E-state index < -0.39 is 11.7 Å². The fourth-order valence-electron chi connectivity index (χ4n) is 6.92. The highest BCUT2D eigenvalue weighted by Crippen LogP contribution is 2.54. The van der Waals surface area contributed by atoms with E-state index in [1.54, 1.807) is 6.07 Å². The summed E-state index contributed by atoms with van der Waals surface area (Å²) in [5, 5.41) is 0. The van der Waals surface area contributed by atoms with Crippen LogP contribution in [0.2, 0.25) is 0 Å². The summed E-state index contributed by atoms with van der Waals surface area (Å²) >= 11 is 0. The van der Waals surface area contributed by atoms with Gasteiger partial charge in [-0.25, -0.2) is 0 Å². The van der Waals surface area contributed by atoms with Crippen LogP contribution in [0, 0.1) is 0 Å². The highest BCUT2D eigenvalue weighted by atomic mass is 19.4. The average molecular weight is 477 g/mol. The number of ether oxygens (including phenoxy) is 1. The second-order valence-corrected chi connectivity index (χ2v) is 10.5. The molecule has 0 unspecified atom stereocenters. The Bertz CT molecular complexity index is 1260. The van der Waals surface area contributed by atoms with Crippen molar-refractivity contribution in [2.24, 2.45) is 0 Å². The van der Waals surface area contributed by atoms with Crippen molar-refractivity contribution in [3.05, 3.63) is 76.3 Å². The first-order chi connectivity index (χ1) is 17.0. The molecule has 0 radical (unpaired) electrons. The molecule has 182 valence electrons. The fourth-order valence-corrected chi connectivity index (χ4v) is 6.92. The number of alkyl halides is 3. The van der Waals surface area contributed by atoms with E-state index in [4.69, 9.17) is 4.74 Å². The zero-order valence-corrected chi connectivity index (χ0v) is 20.2. The molecule has 1 nitrogen and oxygen atoms in total. The van der Waals surface area contributed by atoms with Gasteiger partial charge in [0.1, 0.15) is 5.75 Å². The van der Waals surface area contributed by atoms with Gasteiger partial charge in [0, 0.05) is 5.56 Å². The number of fused-ring (bicyclic) bond motifs is 3. The van der Waals surface area contributed by atoms with Crippen molar-refractivity contribution in [2.75, 3.05) is 7.11 Å². The lowest BCUT2D eigenvalue weighted by molar-refractivity contribution is -0.137. The molecule has 0 heterocycles. The topological polar surface area (TPSA) is 9.23 Å². The lowest BCUT2D eigenvalue weighted by Crippen LogP contribution is -2.10. The second kappa shape index (κ2) is 8.72. The predicted octanol–water partition coefficient (Wildman–Crippen LogP) is 9.27. The first-order valence-electron chi connectivity index (χ1n) is 13.0. The standard InChI is InChI=1S/C31H31F3O/c1-35-28-17-22(31(32,33)34)14-15-24(28)30-27-16-21-12-6-7-13-23(21)26(27)18-25(19-8-2-3-9-19)29(30)20-10-4-5-11-20/h6-7,12-15,17-20H,2-5,8-11,16H2,1H3. The van der Waals surface area contributed by atoms with Crippen LogP contribution in [0.4, 0.5) is 13.2 Å². The molecule has 2 fully saturated rings. The van der Waals surface area contributed by atoms with E-state index in [1.165, 1.54) is 91.1 Å². The number of rotatable bonds is 4. The van der Waals surface area contributed by atoms with E-state index >= 15 is 0 Å². The number of methoxy groups -OCH3 is 1. The summed E-state index contributed by atoms with van der Waals surface area (Å²) < 4.78 is 46.4. The van der Waals surface area contributed by atoms with Gasteiger partial charge in [0.15, 0.2) is 0 Å². The van der Waals surface area contributed by atoms with Gasteiger partial charge in [0.25, 0.3) is 0 Å². The molecule has 0 spiro atoms. The summed E-state index contributed by atoms with van der Waals surface area (Å²) in [5.74, 6) is 1.31. The molecule has 3 aliphatic carbocycles. The van der Waals surface area contributed by atoms with Crippen LogP contribution in [0.1, 0.15) is 91.0 Å². The highest BCUT2D eigenvalue weighted by molar-refractivity contribution is 5.90. The van der Waals surface area contributed by atoms with Crippen LogP contribution in [0.5, 0.6) is 5.75 Å². The van der Waals surface area contributed by atoms with E-state index in [0.717, 1.165) is 30.4 Å². The van der Waals surface area contributed by atoms with Gasteiger partial charge in [0.2, 0.25) is 0 Å². The third kappa shape index (κ3) is 3.86. The number of benzene rings is 3. The Morgan fingerprint density at radius 1 is 0.771 bits per heavy atom. The van der Waals surface area contributed by atoms with Crippen molar-refractivity contribution in [3.8, 4) is 28.0 Å². The highest BCUT2D eigenvalue weighted by Gasteiger charge is 2.36. The van der Waals surface area contributed by atoms with Crippen LogP contribution in [0.25, 0.3) is 22.3 Å². The van der Waals surface area contributed by atoms with Crippen molar-refractivity contribution in [1.29, 1.82) is 0 Å². The molecule has 3 aromatic rings. The SMILES string of the molecule is COc1cc(C(F)(F)F)ccc1-c1c2c(cc(C3CCCC3)c1C1CCCC1)-c1ccccc1C2. The van der Waals surface area contributed by atoms with E-state index in [-0.39, 0.29) is 0 Å². The third-order valence-electron chi connectivity index (χ3n) is 8.54. The largest absolute Gasteiger partial charge is 0.496 e. The van der Waals surface area contributed by atoms with Crippen molar-refractivity contribution in [2.45, 2.75) is 75.8 Å². The van der Waals surface area contributed by atoms with Crippen LogP contribution in [-0.4, -0.2) is 7.11 Å². The van der Waals surface area contributed by atoms with Crippen molar-refractivity contribution in [1.82, 2.24) is 0 Å². The molecule has 0 bridgehead atoms. The summed E-state index contributed by atoms with van der Waals surface area (Å²) in [6.45, 7) is 0. The Hall–Kier alpha value is -2.75. The maximum Gasteiger partial charge on any atom is 0.416 e. The van der Waals surface area contributed by atoms with E-state index in [1.807, 2.05) is 0 Å². The van der Waals surface area contributed by atoms with Gasteiger partial charge in [-0.1, -0.05) is 62.1 Å². The first-order valence-corrected chi connectivity index (χ1v) is 13.0. The van der Waals surface area contributed by atoms with Gasteiger partial charge in [0.05, 0.1) is 12.7 Å². The molecule has 2 saturated carbocycles. The average Bonchev–Trinajstić information content (AvgIpc) is 3.63. The lowest BCUT2D eigenvalue weighted by Gasteiger charge is -2.28. The predicted molar refractivity (Wildman–Crippen MR) is 134 cm³/mol. The molecule has 3 aromatic carbocycles. The Morgan fingerprint density at radius 2 is 1.46 bits per heavy atom. The molecule has 6 rings (SSSR count). The van der Waals surface area contributed by atoms with E-state index in [2.05, 4.69) is 30.3 Å².